The molecule has 2 aromatic rings. The summed E-state index contributed by atoms with van der Waals surface area (Å²) in [4.78, 5) is 41.8. The van der Waals surface area contributed by atoms with Crippen LogP contribution in [0, 0.1) is 5.41 Å². The van der Waals surface area contributed by atoms with Gasteiger partial charge in [0.05, 0.1) is 44.7 Å². The van der Waals surface area contributed by atoms with Gasteiger partial charge in [0.1, 0.15) is 23.9 Å². The molecule has 0 bridgehead atoms. The van der Waals surface area contributed by atoms with Gasteiger partial charge in [0, 0.05) is 43.4 Å². The monoisotopic (exact) mass is 674 g/mol. The lowest BCUT2D eigenvalue weighted by molar-refractivity contribution is -0.147. The third-order valence-electron chi connectivity index (χ3n) is 7.80. The highest BCUT2D eigenvalue weighted by atomic mass is 79.9. The lowest BCUT2D eigenvalue weighted by Crippen LogP contribution is -2.31. The van der Waals surface area contributed by atoms with E-state index in [-0.39, 0.29) is 59.2 Å². The number of benzene rings is 2. The van der Waals surface area contributed by atoms with Crippen molar-refractivity contribution in [2.24, 2.45) is 0 Å². The Morgan fingerprint density at radius 3 is 2.45 bits per heavy atom. The molecule has 2 N–H and O–H groups in total. The van der Waals surface area contributed by atoms with Crippen molar-refractivity contribution in [1.82, 2.24) is 10.2 Å². The van der Waals surface area contributed by atoms with E-state index in [1.54, 1.807) is 31.2 Å². The molecule has 44 heavy (non-hydrogen) atoms. The van der Waals surface area contributed by atoms with Crippen molar-refractivity contribution in [3.8, 4) is 11.5 Å². The molecule has 2 heterocycles. The first kappa shape index (κ1) is 34.8. The summed E-state index contributed by atoms with van der Waals surface area (Å²) in [7, 11) is 4.51. The molecule has 12 heteroatoms. The van der Waals surface area contributed by atoms with E-state index in [0.29, 0.717) is 60.9 Å². The van der Waals surface area contributed by atoms with Gasteiger partial charge in [0.2, 0.25) is 0 Å². The summed E-state index contributed by atoms with van der Waals surface area (Å²) >= 11 is 0. The summed E-state index contributed by atoms with van der Waals surface area (Å²) < 4.78 is 22.1. The quantitative estimate of drug-likeness (QED) is 0.267. The normalized spacial score (nSPS) is 15.9. The Morgan fingerprint density at radius 2 is 1.84 bits per heavy atom. The van der Waals surface area contributed by atoms with Crippen molar-refractivity contribution in [2.45, 2.75) is 52.2 Å². The fourth-order valence-electron chi connectivity index (χ4n) is 5.52. The highest BCUT2D eigenvalue weighted by Crippen LogP contribution is 2.41. The number of fused-ring (bicyclic) bond motifs is 1. The number of esters is 1. The number of ether oxygens (including phenoxy) is 4. The smallest absolute Gasteiger partial charge is 0.331 e. The van der Waals surface area contributed by atoms with Gasteiger partial charge in [-0.3, -0.25) is 15.0 Å². The Bertz CT molecular complexity index is 1420. The first-order chi connectivity index (χ1) is 20.4. The highest BCUT2D eigenvalue weighted by molar-refractivity contribution is 8.93. The number of carbonyl (C=O) groups excluding carboxylic acids is 3. The summed E-state index contributed by atoms with van der Waals surface area (Å²) in [6.45, 7) is 9.90. The van der Waals surface area contributed by atoms with Gasteiger partial charge in [-0.05, 0) is 48.6 Å². The molecule has 1 unspecified atom stereocenters. The molecular formula is C32H43BrN4O7. The van der Waals surface area contributed by atoms with Crippen LogP contribution >= 0.6 is 17.0 Å². The third-order valence-corrected chi connectivity index (χ3v) is 7.80. The van der Waals surface area contributed by atoms with E-state index in [1.807, 2.05) is 19.1 Å². The lowest BCUT2D eigenvalue weighted by atomic mass is 9.84. The second-order valence-corrected chi connectivity index (χ2v) is 11.7. The average Bonchev–Trinajstić information content (AvgIpc) is 3.58. The Kier molecular flexibility index (Phi) is 11.4. The second-order valence-electron chi connectivity index (χ2n) is 11.7. The molecule has 2 aromatic carbocycles. The minimum atomic E-state index is -0.424. The van der Waals surface area contributed by atoms with Gasteiger partial charge in [0.15, 0.2) is 5.78 Å². The van der Waals surface area contributed by atoms with E-state index in [1.165, 1.54) is 7.11 Å². The molecule has 11 nitrogen and oxygen atoms in total. The summed E-state index contributed by atoms with van der Waals surface area (Å²) in [5, 5.41) is 11.5. The van der Waals surface area contributed by atoms with Crippen LogP contribution in [0.25, 0.3) is 0 Å². The van der Waals surface area contributed by atoms with Gasteiger partial charge in [-0.2, -0.15) is 0 Å². The molecule has 1 amide bonds. The average molecular weight is 676 g/mol. The number of rotatable bonds is 11. The fourth-order valence-corrected chi connectivity index (χ4v) is 5.52. The van der Waals surface area contributed by atoms with Gasteiger partial charge >= 0.3 is 5.97 Å². The van der Waals surface area contributed by atoms with Crippen LogP contribution in [0.5, 0.6) is 11.5 Å². The maximum Gasteiger partial charge on any atom is 0.331 e. The Labute approximate surface area is 269 Å². The Balaban J connectivity index is 0.00000529. The Morgan fingerprint density at radius 1 is 1.11 bits per heavy atom. The molecule has 0 spiro atoms. The zero-order valence-corrected chi connectivity index (χ0v) is 28.2. The number of hydrogen-bond acceptors (Lipinski definition) is 9. The van der Waals surface area contributed by atoms with Crippen molar-refractivity contribution >= 4 is 46.2 Å². The number of ketones is 1. The summed E-state index contributed by atoms with van der Waals surface area (Å²) in [6, 6.07) is 7.19. The molecule has 0 saturated carbocycles. The number of nitrogens with zero attached hydrogens (tertiary/aromatic N) is 2. The van der Waals surface area contributed by atoms with E-state index < -0.39 is 5.97 Å². The topological polar surface area (TPSA) is 130 Å². The van der Waals surface area contributed by atoms with Crippen molar-refractivity contribution in [2.75, 3.05) is 59.0 Å². The molecule has 4 rings (SSSR count). The van der Waals surface area contributed by atoms with Crippen molar-refractivity contribution < 1.29 is 33.3 Å². The Hall–Kier alpha value is -3.64. The van der Waals surface area contributed by atoms with Crippen LogP contribution < -0.4 is 19.7 Å². The predicted octanol–water partition coefficient (Wildman–Crippen LogP) is 4.12. The van der Waals surface area contributed by atoms with Crippen molar-refractivity contribution in [3.63, 3.8) is 0 Å². The van der Waals surface area contributed by atoms with Crippen LogP contribution in [0.4, 0.5) is 5.69 Å². The summed E-state index contributed by atoms with van der Waals surface area (Å²) in [5.41, 5.74) is 3.68. The molecule has 2 aliphatic rings. The van der Waals surface area contributed by atoms with Crippen LogP contribution in [0.1, 0.15) is 71.5 Å². The van der Waals surface area contributed by atoms with E-state index in [0.717, 1.165) is 16.8 Å². The number of methoxy groups -OCH3 is 2. The molecule has 2 aliphatic heterocycles. The number of amides is 1. The standard InChI is InChI=1S/C32H42N4O7.BrH/c1-8-42-27-13-20-15-36(30(33)22(20)14-23(27)31(39)34-5)17-26(37)19-11-24(32(2,3)4)29(41-7)25(12-19)35-10-9-21(16-35)43-18-28(38)40-6;/h11-14,21,33H,8-10,15-18H2,1-7H3,(H,34,39);1H. The summed E-state index contributed by atoms with van der Waals surface area (Å²) in [6.07, 6.45) is 0.555. The lowest BCUT2D eigenvalue weighted by Gasteiger charge is -2.29. The van der Waals surface area contributed by atoms with Crippen LogP contribution in [0.3, 0.4) is 0 Å². The maximum absolute atomic E-state index is 13.8. The number of anilines is 1. The first-order valence-corrected chi connectivity index (χ1v) is 14.5. The number of hydrogen-bond donors (Lipinski definition) is 2. The zero-order chi connectivity index (χ0) is 31.5. The number of halogens is 1. The predicted molar refractivity (Wildman–Crippen MR) is 173 cm³/mol. The van der Waals surface area contributed by atoms with Gasteiger partial charge < -0.3 is 34.1 Å². The molecule has 1 saturated heterocycles. The van der Waals surface area contributed by atoms with E-state index in [9.17, 15) is 14.4 Å². The van der Waals surface area contributed by atoms with Gasteiger partial charge in [-0.25, -0.2) is 4.79 Å². The van der Waals surface area contributed by atoms with Crippen LogP contribution in [-0.2, 0) is 26.2 Å². The SMILES string of the molecule is Br.CCOc1cc2c(cc1C(=O)NC)C(=N)N(CC(=O)c1cc(N3CCC(OCC(=O)OC)C3)c(OC)c(C(C)(C)C)c1)C2. The van der Waals surface area contributed by atoms with E-state index in [2.05, 4.69) is 31.0 Å². The number of Topliss-reactive ketones (excluding diaryl/α,β-unsaturated/α-hetero) is 1. The van der Waals surface area contributed by atoms with Crippen LogP contribution in [-0.4, -0.2) is 88.6 Å². The largest absolute Gasteiger partial charge is 0.494 e. The minimum absolute atomic E-state index is 0. The molecule has 1 atom stereocenters. The second kappa shape index (κ2) is 14.4. The van der Waals surface area contributed by atoms with Crippen molar-refractivity contribution in [1.29, 1.82) is 5.41 Å². The zero-order valence-electron chi connectivity index (χ0n) is 26.5. The summed E-state index contributed by atoms with van der Waals surface area (Å²) in [5.74, 6) is 0.480. The van der Waals surface area contributed by atoms with Crippen LogP contribution in [0.2, 0.25) is 0 Å². The molecule has 0 aliphatic carbocycles. The van der Waals surface area contributed by atoms with Gasteiger partial charge in [-0.15, -0.1) is 17.0 Å². The van der Waals surface area contributed by atoms with Gasteiger partial charge in [-0.1, -0.05) is 20.8 Å². The third kappa shape index (κ3) is 7.35. The van der Waals surface area contributed by atoms with E-state index >= 15 is 0 Å². The molecule has 1 fully saturated rings. The minimum Gasteiger partial charge on any atom is -0.494 e. The first-order valence-electron chi connectivity index (χ1n) is 14.5. The number of amidine groups is 1. The molecule has 0 aromatic heterocycles. The van der Waals surface area contributed by atoms with Crippen molar-refractivity contribution in [3.05, 3.63) is 52.1 Å². The molecular weight excluding hydrogens is 632 g/mol. The molecule has 0 radical (unpaired) electrons. The van der Waals surface area contributed by atoms with Crippen LogP contribution in [0.15, 0.2) is 24.3 Å². The highest BCUT2D eigenvalue weighted by Gasteiger charge is 2.33. The number of nitrogens with one attached hydrogen (secondary N) is 2. The van der Waals surface area contributed by atoms with E-state index in [4.69, 9.17) is 24.4 Å². The maximum atomic E-state index is 13.8. The van der Waals surface area contributed by atoms with Gasteiger partial charge in [0.25, 0.3) is 5.91 Å². The number of carbonyl (C=O) groups is 3. The fraction of sp³-hybridized carbons (Fsp3) is 0.500. The molecule has 240 valence electrons.